The number of morpholine rings is 1. The molecule has 2 aliphatic heterocycles. The number of nitrogens with zero attached hydrogens (tertiary/aromatic N) is 4. The molecular weight excluding hydrogens is 490 g/mol. The Balaban J connectivity index is 1.32. The van der Waals surface area contributed by atoms with E-state index in [-0.39, 0.29) is 18.9 Å². The summed E-state index contributed by atoms with van der Waals surface area (Å²) >= 11 is 6.05. The predicted molar refractivity (Wildman–Crippen MR) is 144 cm³/mol. The first kappa shape index (κ1) is 25.7. The second kappa shape index (κ2) is 11.6. The summed E-state index contributed by atoms with van der Waals surface area (Å²) in [6, 6.07) is 17.5. The highest BCUT2D eigenvalue weighted by Crippen LogP contribution is 2.29. The zero-order valence-electron chi connectivity index (χ0n) is 21.2. The van der Waals surface area contributed by atoms with Crippen LogP contribution in [0.5, 0.6) is 5.75 Å². The molecule has 2 aliphatic rings. The van der Waals surface area contributed by atoms with Gasteiger partial charge >= 0.3 is 0 Å². The first-order chi connectivity index (χ1) is 18.0. The normalized spacial score (nSPS) is 21.2. The standard InChI is InChI=1S/C28H34ClN5O3/c1-32-11-13-34(14-12-32)26(35)17-28(21-36-25-9-7-24(29)8-10-25)20-33(15-16-37-28)19-23-18-30-31-27(23)22-5-3-2-4-6-22/h2-10,18H,11-17,19-21H2,1H3,(H,30,31)/t28-/m0/s1. The van der Waals surface area contributed by atoms with Crippen molar-refractivity contribution in [2.75, 3.05) is 59.5 Å². The number of rotatable bonds is 8. The number of nitrogens with one attached hydrogen (secondary N) is 1. The van der Waals surface area contributed by atoms with Gasteiger partial charge in [0.15, 0.2) is 0 Å². The van der Waals surface area contributed by atoms with Gasteiger partial charge in [0, 0.05) is 56.4 Å². The summed E-state index contributed by atoms with van der Waals surface area (Å²) in [5, 5.41) is 8.12. The minimum absolute atomic E-state index is 0.114. The quantitative estimate of drug-likeness (QED) is 0.487. The summed E-state index contributed by atoms with van der Waals surface area (Å²) in [4.78, 5) is 20.0. The number of benzene rings is 2. The van der Waals surface area contributed by atoms with Crippen molar-refractivity contribution in [2.45, 2.75) is 18.6 Å². The van der Waals surface area contributed by atoms with E-state index in [0.717, 1.165) is 49.5 Å². The summed E-state index contributed by atoms with van der Waals surface area (Å²) in [7, 11) is 2.09. The molecule has 8 nitrogen and oxygen atoms in total. The topological polar surface area (TPSA) is 73.9 Å². The molecule has 37 heavy (non-hydrogen) atoms. The smallest absolute Gasteiger partial charge is 0.225 e. The van der Waals surface area contributed by atoms with Crippen molar-refractivity contribution in [3.05, 3.63) is 71.4 Å². The lowest BCUT2D eigenvalue weighted by atomic mass is 9.96. The van der Waals surface area contributed by atoms with Crippen LogP contribution < -0.4 is 4.74 Å². The van der Waals surface area contributed by atoms with Gasteiger partial charge in [-0.2, -0.15) is 5.10 Å². The van der Waals surface area contributed by atoms with E-state index in [1.54, 1.807) is 12.1 Å². The van der Waals surface area contributed by atoms with Crippen LogP contribution in [0.25, 0.3) is 11.3 Å². The molecule has 9 heteroatoms. The third-order valence-electron chi connectivity index (χ3n) is 7.15. The van der Waals surface area contributed by atoms with E-state index in [1.807, 2.05) is 41.4 Å². The van der Waals surface area contributed by atoms with Gasteiger partial charge in [-0.15, -0.1) is 0 Å². The van der Waals surface area contributed by atoms with Gasteiger partial charge in [-0.3, -0.25) is 14.8 Å². The third-order valence-corrected chi connectivity index (χ3v) is 7.40. The van der Waals surface area contributed by atoms with Crippen LogP contribution >= 0.6 is 11.6 Å². The Morgan fingerprint density at radius 1 is 1.08 bits per heavy atom. The lowest BCUT2D eigenvalue weighted by molar-refractivity contribution is -0.157. The van der Waals surface area contributed by atoms with Crippen molar-refractivity contribution in [1.82, 2.24) is 24.9 Å². The Labute approximate surface area is 223 Å². The fourth-order valence-corrected chi connectivity index (χ4v) is 5.15. The van der Waals surface area contributed by atoms with Crippen LogP contribution in [-0.4, -0.2) is 95.9 Å². The SMILES string of the molecule is CN1CCN(C(=O)C[C@@]2(COc3ccc(Cl)cc3)CN(Cc3cn[nH]c3-c3ccccc3)CCO2)CC1. The zero-order valence-corrected chi connectivity index (χ0v) is 22.0. The number of piperazine rings is 1. The Bertz CT molecular complexity index is 1160. The number of likely N-dealkylation sites (N-methyl/N-ethyl adjacent to an activating group) is 1. The van der Waals surface area contributed by atoms with E-state index < -0.39 is 5.60 Å². The Morgan fingerprint density at radius 2 is 1.84 bits per heavy atom. The number of hydrogen-bond donors (Lipinski definition) is 1. The van der Waals surface area contributed by atoms with Gasteiger partial charge in [0.1, 0.15) is 18.0 Å². The molecule has 0 bridgehead atoms. The fraction of sp³-hybridized carbons (Fsp3) is 0.429. The van der Waals surface area contributed by atoms with Gasteiger partial charge in [-0.25, -0.2) is 0 Å². The lowest BCUT2D eigenvalue weighted by Gasteiger charge is -2.43. The third kappa shape index (κ3) is 6.51. The number of ether oxygens (including phenoxy) is 2. The van der Waals surface area contributed by atoms with Gasteiger partial charge in [0.25, 0.3) is 0 Å². The largest absolute Gasteiger partial charge is 0.491 e. The number of amides is 1. The first-order valence-electron chi connectivity index (χ1n) is 12.8. The molecule has 0 saturated carbocycles. The van der Waals surface area contributed by atoms with Gasteiger partial charge in [0.2, 0.25) is 5.91 Å². The van der Waals surface area contributed by atoms with Gasteiger partial charge in [-0.05, 0) is 36.9 Å². The number of halogens is 1. The maximum atomic E-state index is 13.4. The Kier molecular flexibility index (Phi) is 8.10. The number of hydrogen-bond acceptors (Lipinski definition) is 6. The van der Waals surface area contributed by atoms with Crippen molar-refractivity contribution in [1.29, 1.82) is 0 Å². The number of aromatic nitrogens is 2. The number of carbonyl (C=O) groups excluding carboxylic acids is 1. The first-order valence-corrected chi connectivity index (χ1v) is 13.2. The van der Waals surface area contributed by atoms with Crippen molar-refractivity contribution in [3.8, 4) is 17.0 Å². The molecule has 1 amide bonds. The Morgan fingerprint density at radius 3 is 2.59 bits per heavy atom. The monoisotopic (exact) mass is 523 g/mol. The minimum atomic E-state index is -0.755. The van der Waals surface area contributed by atoms with Crippen LogP contribution in [0.2, 0.25) is 5.02 Å². The van der Waals surface area contributed by atoms with E-state index in [9.17, 15) is 4.79 Å². The van der Waals surface area contributed by atoms with Crippen LogP contribution in [0.3, 0.4) is 0 Å². The van der Waals surface area contributed by atoms with E-state index >= 15 is 0 Å². The average molecular weight is 524 g/mol. The maximum absolute atomic E-state index is 13.4. The van der Waals surface area contributed by atoms with Crippen LogP contribution in [0, 0.1) is 0 Å². The lowest BCUT2D eigenvalue weighted by Crippen LogP contribution is -2.58. The molecule has 196 valence electrons. The van der Waals surface area contributed by atoms with Crippen molar-refractivity contribution < 1.29 is 14.3 Å². The molecule has 5 rings (SSSR count). The van der Waals surface area contributed by atoms with Gasteiger partial charge in [-0.1, -0.05) is 41.9 Å². The molecule has 1 aromatic heterocycles. The zero-order chi connectivity index (χ0) is 25.7. The molecule has 1 atom stereocenters. The number of H-pyrrole nitrogens is 1. The van der Waals surface area contributed by atoms with E-state index in [1.165, 1.54) is 0 Å². The minimum Gasteiger partial charge on any atom is -0.491 e. The van der Waals surface area contributed by atoms with Crippen LogP contribution in [-0.2, 0) is 16.1 Å². The molecule has 0 unspecified atom stereocenters. The van der Waals surface area contributed by atoms with E-state index in [0.29, 0.717) is 30.5 Å². The summed E-state index contributed by atoms with van der Waals surface area (Å²) < 4.78 is 12.6. The molecule has 0 spiro atoms. The van der Waals surface area contributed by atoms with Crippen LogP contribution in [0.1, 0.15) is 12.0 Å². The highest BCUT2D eigenvalue weighted by atomic mass is 35.5. The highest BCUT2D eigenvalue weighted by Gasteiger charge is 2.41. The summed E-state index contributed by atoms with van der Waals surface area (Å²) in [5.41, 5.74) is 2.48. The second-order valence-electron chi connectivity index (χ2n) is 9.98. The maximum Gasteiger partial charge on any atom is 0.225 e. The van der Waals surface area contributed by atoms with Crippen molar-refractivity contribution in [3.63, 3.8) is 0 Å². The summed E-state index contributed by atoms with van der Waals surface area (Å²) in [6.45, 7) is 6.11. The summed E-state index contributed by atoms with van der Waals surface area (Å²) in [5.74, 6) is 0.820. The molecule has 2 fully saturated rings. The van der Waals surface area contributed by atoms with Crippen molar-refractivity contribution in [2.24, 2.45) is 0 Å². The molecule has 0 aliphatic carbocycles. The van der Waals surface area contributed by atoms with Crippen molar-refractivity contribution >= 4 is 17.5 Å². The molecule has 1 N–H and O–H groups in total. The number of aromatic amines is 1. The molecule has 3 heterocycles. The fourth-order valence-electron chi connectivity index (χ4n) is 5.02. The molecule has 0 radical (unpaired) electrons. The van der Waals surface area contributed by atoms with Gasteiger partial charge in [0.05, 0.1) is 24.9 Å². The molecule has 2 saturated heterocycles. The van der Waals surface area contributed by atoms with Crippen LogP contribution in [0.15, 0.2) is 60.8 Å². The Hall–Kier alpha value is -2.91. The molecule has 3 aromatic rings. The average Bonchev–Trinajstić information content (AvgIpc) is 3.37. The predicted octanol–water partition coefficient (Wildman–Crippen LogP) is 3.54. The molecular formula is C28H34ClN5O3. The van der Waals surface area contributed by atoms with E-state index in [4.69, 9.17) is 21.1 Å². The number of carbonyl (C=O) groups is 1. The van der Waals surface area contributed by atoms with Gasteiger partial charge < -0.3 is 19.3 Å². The highest BCUT2D eigenvalue weighted by molar-refractivity contribution is 6.30. The second-order valence-corrected chi connectivity index (χ2v) is 10.4. The molecule has 2 aromatic carbocycles. The summed E-state index contributed by atoms with van der Waals surface area (Å²) in [6.07, 6.45) is 2.16. The van der Waals surface area contributed by atoms with Crippen LogP contribution in [0.4, 0.5) is 0 Å². The van der Waals surface area contributed by atoms with E-state index in [2.05, 4.69) is 39.2 Å².